The van der Waals surface area contributed by atoms with Crippen LogP contribution in [-0.2, 0) is 5.60 Å². The van der Waals surface area contributed by atoms with E-state index in [0.29, 0.717) is 5.56 Å². The molecule has 90 valence electrons. The van der Waals surface area contributed by atoms with E-state index in [4.69, 9.17) is 0 Å². The third-order valence-corrected chi connectivity index (χ3v) is 4.23. The molecule has 2 aromatic rings. The van der Waals surface area contributed by atoms with Gasteiger partial charge in [0.1, 0.15) is 5.60 Å². The first kappa shape index (κ1) is 12.3. The fourth-order valence-electron chi connectivity index (χ4n) is 1.42. The van der Waals surface area contributed by atoms with Crippen LogP contribution in [0.3, 0.4) is 0 Å². The van der Waals surface area contributed by atoms with Crippen molar-refractivity contribution in [1.29, 1.82) is 0 Å². The Morgan fingerprint density at radius 3 is 2.88 bits per heavy atom. The minimum absolute atomic E-state index is 0.150. The number of aliphatic hydroxyl groups is 1. The van der Waals surface area contributed by atoms with Crippen LogP contribution < -0.4 is 5.32 Å². The summed E-state index contributed by atoms with van der Waals surface area (Å²) in [5.41, 5.74) is -0.378. The predicted molar refractivity (Wildman–Crippen MR) is 70.5 cm³/mol. The van der Waals surface area contributed by atoms with Gasteiger partial charge in [-0.3, -0.25) is 4.79 Å². The molecule has 0 saturated carbocycles. The second-order valence-electron chi connectivity index (χ2n) is 3.95. The Hall–Kier alpha value is -1.17. The molecule has 0 fully saturated rings. The van der Waals surface area contributed by atoms with Crippen molar-refractivity contribution in [1.82, 2.24) is 5.32 Å². The Bertz CT molecular complexity index is 475. The van der Waals surface area contributed by atoms with Crippen molar-refractivity contribution in [3.63, 3.8) is 0 Å². The molecule has 0 aliphatic rings. The van der Waals surface area contributed by atoms with Gasteiger partial charge in [0, 0.05) is 15.8 Å². The van der Waals surface area contributed by atoms with E-state index in [2.05, 4.69) is 5.32 Å². The molecule has 2 heterocycles. The molecule has 3 nitrogen and oxygen atoms in total. The smallest absolute Gasteiger partial charge is 0.252 e. The van der Waals surface area contributed by atoms with Crippen LogP contribution in [0.15, 0.2) is 34.3 Å². The fraction of sp³-hybridized carbons (Fsp3) is 0.250. The molecule has 5 heteroatoms. The molecule has 0 bridgehead atoms. The zero-order chi connectivity index (χ0) is 12.3. The second-order valence-corrected chi connectivity index (χ2v) is 5.67. The lowest BCUT2D eigenvalue weighted by Crippen LogP contribution is -2.37. The first-order chi connectivity index (χ1) is 8.09. The van der Waals surface area contributed by atoms with Gasteiger partial charge in [-0.05, 0) is 29.8 Å². The van der Waals surface area contributed by atoms with Gasteiger partial charge in [0.15, 0.2) is 0 Å². The fourth-order valence-corrected chi connectivity index (χ4v) is 2.84. The highest BCUT2D eigenvalue weighted by Gasteiger charge is 2.24. The number of hydrogen-bond donors (Lipinski definition) is 2. The van der Waals surface area contributed by atoms with Crippen molar-refractivity contribution in [2.45, 2.75) is 12.5 Å². The van der Waals surface area contributed by atoms with Crippen LogP contribution in [-0.4, -0.2) is 17.6 Å². The molecule has 0 spiro atoms. The maximum atomic E-state index is 11.7. The summed E-state index contributed by atoms with van der Waals surface area (Å²) in [5, 5.41) is 18.5. The van der Waals surface area contributed by atoms with Crippen molar-refractivity contribution in [3.8, 4) is 0 Å². The van der Waals surface area contributed by atoms with Crippen LogP contribution in [0.2, 0.25) is 0 Å². The number of thiophene rings is 2. The molecule has 1 unspecified atom stereocenters. The highest BCUT2D eigenvalue weighted by molar-refractivity contribution is 7.10. The van der Waals surface area contributed by atoms with Crippen molar-refractivity contribution in [3.05, 3.63) is 44.8 Å². The summed E-state index contributed by atoms with van der Waals surface area (Å²) >= 11 is 2.96. The molecule has 2 N–H and O–H groups in total. The second kappa shape index (κ2) is 5.00. The Morgan fingerprint density at radius 2 is 2.29 bits per heavy atom. The number of carbonyl (C=O) groups is 1. The molecule has 0 aromatic carbocycles. The van der Waals surface area contributed by atoms with E-state index >= 15 is 0 Å². The summed E-state index contributed by atoms with van der Waals surface area (Å²) < 4.78 is 0. The number of hydrogen-bond acceptors (Lipinski definition) is 4. The molecular weight excluding hydrogens is 254 g/mol. The largest absolute Gasteiger partial charge is 0.383 e. The molecule has 1 amide bonds. The molecule has 2 rings (SSSR count). The summed E-state index contributed by atoms with van der Waals surface area (Å²) in [6, 6.07) is 5.51. The van der Waals surface area contributed by atoms with Gasteiger partial charge in [0.05, 0.1) is 6.54 Å². The Kier molecular flexibility index (Phi) is 3.61. The lowest BCUT2D eigenvalue weighted by molar-refractivity contribution is 0.0557. The number of nitrogens with one attached hydrogen (secondary N) is 1. The van der Waals surface area contributed by atoms with Crippen LogP contribution in [0.4, 0.5) is 0 Å². The van der Waals surface area contributed by atoms with Crippen molar-refractivity contribution >= 4 is 28.6 Å². The number of rotatable bonds is 4. The highest BCUT2D eigenvalue weighted by atomic mass is 32.1. The summed E-state index contributed by atoms with van der Waals surface area (Å²) in [6.45, 7) is 1.91. The molecule has 17 heavy (non-hydrogen) atoms. The monoisotopic (exact) mass is 267 g/mol. The summed E-state index contributed by atoms with van der Waals surface area (Å²) in [7, 11) is 0. The van der Waals surface area contributed by atoms with Crippen LogP contribution in [0.1, 0.15) is 22.2 Å². The van der Waals surface area contributed by atoms with Crippen LogP contribution in [0.5, 0.6) is 0 Å². The quantitative estimate of drug-likeness (QED) is 0.894. The molecular formula is C12H13NO2S2. The Morgan fingerprint density at radius 1 is 1.47 bits per heavy atom. The molecule has 1 atom stereocenters. The highest BCUT2D eigenvalue weighted by Crippen LogP contribution is 2.24. The van der Waals surface area contributed by atoms with E-state index in [1.807, 2.05) is 22.9 Å². The van der Waals surface area contributed by atoms with Gasteiger partial charge in [-0.15, -0.1) is 11.3 Å². The van der Waals surface area contributed by atoms with Gasteiger partial charge < -0.3 is 10.4 Å². The third-order valence-electron chi connectivity index (χ3n) is 2.43. The van der Waals surface area contributed by atoms with E-state index in [9.17, 15) is 9.90 Å². The molecule has 0 saturated heterocycles. The average Bonchev–Trinajstić information content (AvgIpc) is 2.97. The van der Waals surface area contributed by atoms with E-state index in [-0.39, 0.29) is 12.5 Å². The van der Waals surface area contributed by atoms with Crippen LogP contribution in [0, 0.1) is 0 Å². The summed E-state index contributed by atoms with van der Waals surface area (Å²) in [5.74, 6) is -0.150. The predicted octanol–water partition coefficient (Wildman–Crippen LogP) is 2.45. The number of amides is 1. The maximum absolute atomic E-state index is 11.7. The number of carbonyl (C=O) groups excluding carboxylic acids is 1. The lowest BCUT2D eigenvalue weighted by Gasteiger charge is -2.22. The summed E-state index contributed by atoms with van der Waals surface area (Å²) in [4.78, 5) is 12.6. The molecule has 2 aromatic heterocycles. The first-order valence-electron chi connectivity index (χ1n) is 5.16. The Balaban J connectivity index is 1.96. The minimum atomic E-state index is -1.01. The van der Waals surface area contributed by atoms with E-state index in [1.54, 1.807) is 18.4 Å². The van der Waals surface area contributed by atoms with E-state index in [1.165, 1.54) is 22.7 Å². The van der Waals surface area contributed by atoms with Gasteiger partial charge >= 0.3 is 0 Å². The average molecular weight is 267 g/mol. The topological polar surface area (TPSA) is 49.3 Å². The van der Waals surface area contributed by atoms with Crippen LogP contribution in [0.25, 0.3) is 0 Å². The van der Waals surface area contributed by atoms with Gasteiger partial charge in [0.2, 0.25) is 0 Å². The molecule has 0 aliphatic carbocycles. The molecule has 0 aliphatic heterocycles. The zero-order valence-electron chi connectivity index (χ0n) is 9.34. The van der Waals surface area contributed by atoms with Gasteiger partial charge in [-0.1, -0.05) is 6.07 Å². The van der Waals surface area contributed by atoms with E-state index < -0.39 is 5.60 Å². The van der Waals surface area contributed by atoms with Gasteiger partial charge in [-0.25, -0.2) is 0 Å². The lowest BCUT2D eigenvalue weighted by atomic mass is 10.1. The summed E-state index contributed by atoms with van der Waals surface area (Å²) in [6.07, 6.45) is 0. The normalized spacial score (nSPS) is 14.2. The third kappa shape index (κ3) is 2.94. The maximum Gasteiger partial charge on any atom is 0.252 e. The Labute approximate surface area is 108 Å². The van der Waals surface area contributed by atoms with Crippen molar-refractivity contribution in [2.75, 3.05) is 6.54 Å². The van der Waals surface area contributed by atoms with Gasteiger partial charge in [-0.2, -0.15) is 11.3 Å². The van der Waals surface area contributed by atoms with Crippen molar-refractivity contribution < 1.29 is 9.90 Å². The first-order valence-corrected chi connectivity index (χ1v) is 6.98. The SMILES string of the molecule is CC(O)(CNC(=O)c1ccsc1)c1cccs1. The van der Waals surface area contributed by atoms with Crippen LogP contribution >= 0.6 is 22.7 Å². The zero-order valence-corrected chi connectivity index (χ0v) is 11.0. The minimum Gasteiger partial charge on any atom is -0.383 e. The van der Waals surface area contributed by atoms with E-state index in [0.717, 1.165) is 4.88 Å². The molecule has 0 radical (unpaired) electrons. The van der Waals surface area contributed by atoms with Crippen molar-refractivity contribution in [2.24, 2.45) is 0 Å². The standard InChI is InChI=1S/C12H13NO2S2/c1-12(15,10-3-2-5-17-10)8-13-11(14)9-4-6-16-7-9/h2-7,15H,8H2,1H3,(H,13,14). The van der Waals surface area contributed by atoms with Gasteiger partial charge in [0.25, 0.3) is 5.91 Å².